The van der Waals surface area contributed by atoms with Gasteiger partial charge in [-0.15, -0.1) is 0 Å². The number of nitrogens with zero attached hydrogens (tertiary/aromatic N) is 1. The second-order valence-electron chi connectivity index (χ2n) is 5.61. The maximum Gasteiger partial charge on any atom is 0.227 e. The third kappa shape index (κ3) is 2.70. The number of amides is 1. The molecule has 2 aliphatic rings. The molecule has 3 nitrogen and oxygen atoms in total. The van der Waals surface area contributed by atoms with Crippen molar-refractivity contribution in [1.82, 2.24) is 4.90 Å². The zero-order chi connectivity index (χ0) is 13.4. The van der Waals surface area contributed by atoms with E-state index in [2.05, 4.69) is 15.9 Å². The highest BCUT2D eigenvalue weighted by molar-refractivity contribution is 9.10. The first-order valence-electron chi connectivity index (χ1n) is 6.87. The third-order valence-corrected chi connectivity index (χ3v) is 4.79. The summed E-state index contributed by atoms with van der Waals surface area (Å²) in [7, 11) is 0. The fraction of sp³-hybridized carbons (Fsp3) is 0.533. The molecule has 2 saturated heterocycles. The van der Waals surface area contributed by atoms with Crippen molar-refractivity contribution in [2.75, 3.05) is 0 Å². The fourth-order valence-electron chi connectivity index (χ4n) is 3.42. The molecule has 2 unspecified atom stereocenters. The zero-order valence-corrected chi connectivity index (χ0v) is 12.3. The SMILES string of the molecule is O=C(Cc1ccc(Br)cc1)N1C2CCC1CC(O)C2. The number of benzene rings is 1. The van der Waals surface area contributed by atoms with Crippen LogP contribution in [-0.2, 0) is 11.2 Å². The summed E-state index contributed by atoms with van der Waals surface area (Å²) in [6.45, 7) is 0. The summed E-state index contributed by atoms with van der Waals surface area (Å²) in [6, 6.07) is 8.44. The van der Waals surface area contributed by atoms with Crippen molar-refractivity contribution in [1.29, 1.82) is 0 Å². The lowest BCUT2D eigenvalue weighted by atomic mass is 9.99. The Hall–Kier alpha value is -0.870. The van der Waals surface area contributed by atoms with E-state index in [9.17, 15) is 9.90 Å². The molecule has 0 aliphatic carbocycles. The van der Waals surface area contributed by atoms with Gasteiger partial charge >= 0.3 is 0 Å². The van der Waals surface area contributed by atoms with Gasteiger partial charge in [-0.25, -0.2) is 0 Å². The van der Waals surface area contributed by atoms with Gasteiger partial charge < -0.3 is 10.0 Å². The molecule has 0 spiro atoms. The van der Waals surface area contributed by atoms with Crippen LogP contribution in [0.15, 0.2) is 28.7 Å². The number of aliphatic hydroxyl groups excluding tert-OH is 1. The largest absolute Gasteiger partial charge is 0.393 e. The average molecular weight is 324 g/mol. The van der Waals surface area contributed by atoms with Gasteiger partial charge in [0.15, 0.2) is 0 Å². The molecule has 19 heavy (non-hydrogen) atoms. The monoisotopic (exact) mass is 323 g/mol. The molecule has 0 saturated carbocycles. The molecule has 1 amide bonds. The van der Waals surface area contributed by atoms with Crippen LogP contribution in [0.25, 0.3) is 0 Å². The van der Waals surface area contributed by atoms with Gasteiger partial charge in [-0.05, 0) is 43.4 Å². The lowest BCUT2D eigenvalue weighted by Crippen LogP contribution is -2.48. The van der Waals surface area contributed by atoms with Gasteiger partial charge in [-0.3, -0.25) is 4.79 Å². The van der Waals surface area contributed by atoms with E-state index in [1.165, 1.54) is 0 Å². The molecule has 102 valence electrons. The number of piperidine rings is 1. The average Bonchev–Trinajstić information content (AvgIpc) is 2.65. The van der Waals surface area contributed by atoms with Crippen LogP contribution in [0.5, 0.6) is 0 Å². The Morgan fingerprint density at radius 2 is 1.79 bits per heavy atom. The summed E-state index contributed by atoms with van der Waals surface area (Å²) in [4.78, 5) is 14.5. The zero-order valence-electron chi connectivity index (χ0n) is 10.8. The molecule has 1 N–H and O–H groups in total. The lowest BCUT2D eigenvalue weighted by Gasteiger charge is -2.37. The van der Waals surface area contributed by atoms with Crippen LogP contribution < -0.4 is 0 Å². The number of carbonyl (C=O) groups is 1. The molecular weight excluding hydrogens is 306 g/mol. The first kappa shape index (κ1) is 13.1. The van der Waals surface area contributed by atoms with E-state index >= 15 is 0 Å². The smallest absolute Gasteiger partial charge is 0.227 e. The Labute approximate surface area is 121 Å². The van der Waals surface area contributed by atoms with Gasteiger partial charge in [0.05, 0.1) is 12.5 Å². The summed E-state index contributed by atoms with van der Waals surface area (Å²) >= 11 is 3.40. The van der Waals surface area contributed by atoms with Crippen LogP contribution in [0.2, 0.25) is 0 Å². The Morgan fingerprint density at radius 1 is 1.21 bits per heavy atom. The van der Waals surface area contributed by atoms with Crippen molar-refractivity contribution < 1.29 is 9.90 Å². The van der Waals surface area contributed by atoms with Gasteiger partial charge in [0, 0.05) is 16.6 Å². The summed E-state index contributed by atoms with van der Waals surface area (Å²) < 4.78 is 1.03. The normalized spacial score (nSPS) is 29.6. The van der Waals surface area contributed by atoms with Gasteiger partial charge in [-0.1, -0.05) is 28.1 Å². The molecule has 0 radical (unpaired) electrons. The highest BCUT2D eigenvalue weighted by Gasteiger charge is 2.42. The van der Waals surface area contributed by atoms with Gasteiger partial charge in [-0.2, -0.15) is 0 Å². The Kier molecular flexibility index (Phi) is 3.63. The number of hydrogen-bond acceptors (Lipinski definition) is 2. The first-order valence-corrected chi connectivity index (χ1v) is 7.66. The van der Waals surface area contributed by atoms with Crippen LogP contribution in [0.1, 0.15) is 31.2 Å². The van der Waals surface area contributed by atoms with Crippen LogP contribution in [0.4, 0.5) is 0 Å². The minimum atomic E-state index is -0.214. The molecule has 1 aromatic carbocycles. The van der Waals surface area contributed by atoms with Crippen molar-refractivity contribution in [2.24, 2.45) is 0 Å². The highest BCUT2D eigenvalue weighted by Crippen LogP contribution is 2.36. The minimum absolute atomic E-state index is 0.210. The summed E-state index contributed by atoms with van der Waals surface area (Å²) in [6.07, 6.45) is 3.86. The number of carbonyl (C=O) groups excluding carboxylic acids is 1. The van der Waals surface area contributed by atoms with Crippen molar-refractivity contribution in [3.63, 3.8) is 0 Å². The Morgan fingerprint density at radius 3 is 2.37 bits per heavy atom. The van der Waals surface area contributed by atoms with E-state index in [1.54, 1.807) is 0 Å². The quantitative estimate of drug-likeness (QED) is 0.908. The van der Waals surface area contributed by atoms with E-state index in [-0.39, 0.29) is 24.1 Å². The van der Waals surface area contributed by atoms with Crippen LogP contribution in [0.3, 0.4) is 0 Å². The number of halogens is 1. The fourth-order valence-corrected chi connectivity index (χ4v) is 3.69. The molecule has 1 aromatic rings. The molecule has 2 heterocycles. The van der Waals surface area contributed by atoms with Gasteiger partial charge in [0.2, 0.25) is 5.91 Å². The molecule has 4 heteroatoms. The van der Waals surface area contributed by atoms with E-state index in [0.29, 0.717) is 6.42 Å². The second-order valence-corrected chi connectivity index (χ2v) is 6.53. The van der Waals surface area contributed by atoms with Crippen LogP contribution >= 0.6 is 15.9 Å². The molecule has 2 atom stereocenters. The first-order chi connectivity index (χ1) is 9.13. The highest BCUT2D eigenvalue weighted by atomic mass is 79.9. The van der Waals surface area contributed by atoms with Crippen molar-refractivity contribution in [3.05, 3.63) is 34.3 Å². The maximum atomic E-state index is 12.5. The van der Waals surface area contributed by atoms with Crippen LogP contribution in [0, 0.1) is 0 Å². The topological polar surface area (TPSA) is 40.5 Å². The summed E-state index contributed by atoms with van der Waals surface area (Å²) in [5.41, 5.74) is 1.05. The lowest BCUT2D eigenvalue weighted by molar-refractivity contribution is -0.136. The Balaban J connectivity index is 1.69. The summed E-state index contributed by atoms with van der Waals surface area (Å²) in [5.74, 6) is 0.210. The van der Waals surface area contributed by atoms with E-state index in [4.69, 9.17) is 0 Å². The Bertz CT molecular complexity index is 460. The number of rotatable bonds is 2. The van der Waals surface area contributed by atoms with Crippen molar-refractivity contribution in [2.45, 2.75) is 50.3 Å². The molecule has 2 bridgehead atoms. The maximum absolute atomic E-state index is 12.5. The van der Waals surface area contributed by atoms with Gasteiger partial charge in [0.25, 0.3) is 0 Å². The van der Waals surface area contributed by atoms with Crippen LogP contribution in [-0.4, -0.2) is 34.1 Å². The minimum Gasteiger partial charge on any atom is -0.393 e. The molecule has 0 aromatic heterocycles. The predicted octanol–water partition coefficient (Wildman–Crippen LogP) is 2.51. The van der Waals surface area contributed by atoms with E-state index in [1.807, 2.05) is 29.2 Å². The van der Waals surface area contributed by atoms with Crippen molar-refractivity contribution in [3.8, 4) is 0 Å². The molecular formula is C15H18BrNO2. The number of aliphatic hydroxyl groups is 1. The molecule has 2 fully saturated rings. The second kappa shape index (κ2) is 5.25. The molecule has 2 aliphatic heterocycles. The van der Waals surface area contributed by atoms with Gasteiger partial charge in [0.1, 0.15) is 0 Å². The van der Waals surface area contributed by atoms with Crippen molar-refractivity contribution >= 4 is 21.8 Å². The molecule has 3 rings (SSSR count). The number of fused-ring (bicyclic) bond motifs is 2. The third-order valence-electron chi connectivity index (χ3n) is 4.26. The van der Waals surface area contributed by atoms with E-state index < -0.39 is 0 Å². The standard InChI is InChI=1S/C15H18BrNO2/c16-11-3-1-10(2-4-11)7-15(19)17-12-5-6-13(17)9-14(18)8-12/h1-4,12-14,18H,5-9H2. The number of hydrogen-bond donors (Lipinski definition) is 1. The van der Waals surface area contributed by atoms with E-state index in [0.717, 1.165) is 35.7 Å². The predicted molar refractivity (Wildman–Crippen MR) is 76.7 cm³/mol. The summed E-state index contributed by atoms with van der Waals surface area (Å²) in [5, 5.41) is 9.77.